The number of halogens is 4. The zero-order valence-electron chi connectivity index (χ0n) is 14.5. The van der Waals surface area contributed by atoms with Gasteiger partial charge in [0.25, 0.3) is 0 Å². The molecule has 2 aromatic carbocycles. The maximum Gasteiger partial charge on any atom is 0.387 e. The van der Waals surface area contributed by atoms with E-state index in [-0.39, 0.29) is 24.5 Å². The summed E-state index contributed by atoms with van der Waals surface area (Å²) in [7, 11) is 0. The van der Waals surface area contributed by atoms with Crippen molar-refractivity contribution in [1.82, 2.24) is 5.32 Å². The molecule has 9 heteroatoms. The Bertz CT molecular complexity index is 785. The number of nitrogens with one attached hydrogen (secondary N) is 1. The van der Waals surface area contributed by atoms with Crippen LogP contribution in [0.25, 0.3) is 6.08 Å². The molecular formula is C19H17F4NO4. The Kier molecular flexibility index (Phi) is 8.13. The van der Waals surface area contributed by atoms with Gasteiger partial charge < -0.3 is 19.5 Å². The van der Waals surface area contributed by atoms with Crippen molar-refractivity contribution < 1.29 is 36.6 Å². The average Bonchev–Trinajstić information content (AvgIpc) is 2.64. The molecule has 0 unspecified atom stereocenters. The summed E-state index contributed by atoms with van der Waals surface area (Å²) in [4.78, 5) is 11.8. The lowest BCUT2D eigenvalue weighted by Gasteiger charge is -2.11. The maximum atomic E-state index is 12.5. The molecule has 0 saturated carbocycles. The number of benzene rings is 2. The molecule has 0 aliphatic heterocycles. The van der Waals surface area contributed by atoms with Crippen LogP contribution in [0.2, 0.25) is 0 Å². The zero-order chi connectivity index (χ0) is 20.4. The van der Waals surface area contributed by atoms with E-state index in [9.17, 15) is 22.4 Å². The first kappa shape index (κ1) is 21.1. The van der Waals surface area contributed by atoms with Gasteiger partial charge in [0, 0.05) is 17.7 Å². The van der Waals surface area contributed by atoms with Crippen LogP contribution in [0.5, 0.6) is 17.2 Å². The SMILES string of the molecule is O=C(/C=C/c1ccc(OC(F)F)cc1OC(F)F)NCCOc1ccccc1. The van der Waals surface area contributed by atoms with Crippen LogP contribution in [0.1, 0.15) is 5.56 Å². The molecule has 0 heterocycles. The summed E-state index contributed by atoms with van der Waals surface area (Å²) in [5.74, 6) is -0.574. The van der Waals surface area contributed by atoms with Gasteiger partial charge in [-0.3, -0.25) is 4.79 Å². The molecule has 0 saturated heterocycles. The predicted octanol–water partition coefficient (Wildman–Crippen LogP) is 4.10. The molecule has 0 aromatic heterocycles. The van der Waals surface area contributed by atoms with E-state index in [1.807, 2.05) is 18.2 Å². The van der Waals surface area contributed by atoms with Crippen LogP contribution in [0, 0.1) is 0 Å². The Morgan fingerprint density at radius 2 is 1.68 bits per heavy atom. The number of carbonyl (C=O) groups is 1. The first-order valence-electron chi connectivity index (χ1n) is 8.11. The second-order valence-corrected chi connectivity index (χ2v) is 5.24. The molecule has 0 aliphatic rings. The van der Waals surface area contributed by atoms with Gasteiger partial charge in [-0.25, -0.2) is 0 Å². The van der Waals surface area contributed by atoms with Crippen LogP contribution in [0.15, 0.2) is 54.6 Å². The minimum atomic E-state index is -3.17. The Hall–Kier alpha value is -3.23. The molecule has 0 aliphatic carbocycles. The lowest BCUT2D eigenvalue weighted by molar-refractivity contribution is -0.116. The highest BCUT2D eigenvalue weighted by molar-refractivity contribution is 5.92. The molecule has 2 aromatic rings. The number of carbonyl (C=O) groups excluding carboxylic acids is 1. The number of ether oxygens (including phenoxy) is 3. The smallest absolute Gasteiger partial charge is 0.387 e. The van der Waals surface area contributed by atoms with Crippen LogP contribution < -0.4 is 19.5 Å². The predicted molar refractivity (Wildman–Crippen MR) is 93.7 cm³/mol. The van der Waals surface area contributed by atoms with Gasteiger partial charge in [0.15, 0.2) is 0 Å². The van der Waals surface area contributed by atoms with E-state index in [4.69, 9.17) is 4.74 Å². The van der Waals surface area contributed by atoms with Crippen molar-refractivity contribution in [3.05, 3.63) is 60.2 Å². The van der Waals surface area contributed by atoms with Crippen molar-refractivity contribution in [2.75, 3.05) is 13.2 Å². The van der Waals surface area contributed by atoms with Crippen molar-refractivity contribution in [2.45, 2.75) is 13.2 Å². The van der Waals surface area contributed by atoms with Crippen molar-refractivity contribution in [1.29, 1.82) is 0 Å². The molecule has 1 amide bonds. The molecule has 28 heavy (non-hydrogen) atoms. The van der Waals surface area contributed by atoms with Crippen molar-refractivity contribution in [3.8, 4) is 17.2 Å². The molecule has 0 atom stereocenters. The molecule has 150 valence electrons. The summed E-state index contributed by atoms with van der Waals surface area (Å²) < 4.78 is 63.3. The van der Waals surface area contributed by atoms with Gasteiger partial charge in [-0.15, -0.1) is 0 Å². The van der Waals surface area contributed by atoms with Gasteiger partial charge in [-0.2, -0.15) is 17.6 Å². The molecule has 5 nitrogen and oxygen atoms in total. The minimum absolute atomic E-state index is 0.0950. The first-order chi connectivity index (χ1) is 13.4. The van der Waals surface area contributed by atoms with Crippen LogP contribution >= 0.6 is 0 Å². The third kappa shape index (κ3) is 7.56. The monoisotopic (exact) mass is 399 g/mol. The second-order valence-electron chi connectivity index (χ2n) is 5.24. The molecule has 0 radical (unpaired) electrons. The molecule has 0 bridgehead atoms. The van der Waals surface area contributed by atoms with E-state index >= 15 is 0 Å². The Labute approximate surface area is 158 Å². The maximum absolute atomic E-state index is 12.5. The average molecular weight is 399 g/mol. The fourth-order valence-corrected chi connectivity index (χ4v) is 2.11. The van der Waals surface area contributed by atoms with Crippen LogP contribution in [-0.4, -0.2) is 32.3 Å². The second kappa shape index (κ2) is 10.8. The van der Waals surface area contributed by atoms with Gasteiger partial charge in [-0.05, 0) is 30.3 Å². The van der Waals surface area contributed by atoms with Gasteiger partial charge >= 0.3 is 13.2 Å². The highest BCUT2D eigenvalue weighted by Gasteiger charge is 2.12. The number of hydrogen-bond acceptors (Lipinski definition) is 4. The summed E-state index contributed by atoms with van der Waals surface area (Å²) in [6.45, 7) is -5.81. The van der Waals surface area contributed by atoms with E-state index in [1.54, 1.807) is 12.1 Å². The quantitative estimate of drug-likeness (QED) is 0.371. The topological polar surface area (TPSA) is 56.8 Å². The third-order valence-corrected chi connectivity index (χ3v) is 3.25. The van der Waals surface area contributed by atoms with E-state index in [0.717, 1.165) is 18.2 Å². The van der Waals surface area contributed by atoms with E-state index in [0.29, 0.717) is 5.75 Å². The summed E-state index contributed by atoms with van der Waals surface area (Å²) in [5, 5.41) is 2.56. The number of alkyl halides is 4. The van der Waals surface area contributed by atoms with E-state index in [2.05, 4.69) is 14.8 Å². The largest absolute Gasteiger partial charge is 0.492 e. The fraction of sp³-hybridized carbons (Fsp3) is 0.211. The Balaban J connectivity index is 1.90. The van der Waals surface area contributed by atoms with Crippen LogP contribution in [0.3, 0.4) is 0 Å². The molecule has 2 rings (SSSR count). The number of rotatable bonds is 10. The standard InChI is InChI=1S/C19H17F4NO4/c20-18(21)27-15-8-6-13(16(12-15)28-19(22)23)7-9-17(25)24-10-11-26-14-4-2-1-3-5-14/h1-9,12,18-19H,10-11H2,(H,24,25)/b9-7+. The summed E-state index contributed by atoms with van der Waals surface area (Å²) in [6, 6.07) is 12.3. The molecule has 0 fully saturated rings. The molecule has 0 spiro atoms. The zero-order valence-corrected chi connectivity index (χ0v) is 14.5. The normalized spacial score (nSPS) is 11.1. The van der Waals surface area contributed by atoms with Crippen LogP contribution in [0.4, 0.5) is 17.6 Å². The third-order valence-electron chi connectivity index (χ3n) is 3.25. The minimum Gasteiger partial charge on any atom is -0.492 e. The lowest BCUT2D eigenvalue weighted by atomic mass is 10.1. The molecule has 1 N–H and O–H groups in total. The van der Waals surface area contributed by atoms with E-state index in [1.165, 1.54) is 12.1 Å². The van der Waals surface area contributed by atoms with E-state index < -0.39 is 24.9 Å². The van der Waals surface area contributed by atoms with Gasteiger partial charge in [0.2, 0.25) is 5.91 Å². The summed E-state index contributed by atoms with van der Waals surface area (Å²) in [6.07, 6.45) is 2.32. The number of para-hydroxylation sites is 1. The van der Waals surface area contributed by atoms with Gasteiger partial charge in [0.1, 0.15) is 23.9 Å². The van der Waals surface area contributed by atoms with Crippen molar-refractivity contribution >= 4 is 12.0 Å². The highest BCUT2D eigenvalue weighted by atomic mass is 19.3. The lowest BCUT2D eigenvalue weighted by Crippen LogP contribution is -2.26. The number of hydrogen-bond donors (Lipinski definition) is 1. The fourth-order valence-electron chi connectivity index (χ4n) is 2.11. The summed E-state index contributed by atoms with van der Waals surface area (Å²) in [5.41, 5.74) is 0.0950. The van der Waals surface area contributed by atoms with Crippen molar-refractivity contribution in [3.63, 3.8) is 0 Å². The summed E-state index contributed by atoms with van der Waals surface area (Å²) >= 11 is 0. The number of amides is 1. The Morgan fingerprint density at radius 1 is 0.964 bits per heavy atom. The van der Waals surface area contributed by atoms with Gasteiger partial charge in [-0.1, -0.05) is 18.2 Å². The first-order valence-corrected chi connectivity index (χ1v) is 8.11. The van der Waals surface area contributed by atoms with Crippen molar-refractivity contribution in [2.24, 2.45) is 0 Å². The van der Waals surface area contributed by atoms with Crippen LogP contribution in [-0.2, 0) is 4.79 Å². The Morgan fingerprint density at radius 3 is 2.36 bits per heavy atom. The highest BCUT2D eigenvalue weighted by Crippen LogP contribution is 2.28. The molecular weight excluding hydrogens is 382 g/mol. The van der Waals surface area contributed by atoms with Gasteiger partial charge in [0.05, 0.1) is 6.54 Å².